The standard InChI is InChI=1S/C19H20N2O5S/c1-20-27(25,26)16-8-7-14-10-11-21(17(14)12-16)18(22)9-4-13-2-5-15(6-3-13)19(23)24/h2-3,5-8,12,20H,4,9-11H2,1H3,(H,23,24). The van der Waals surface area contributed by atoms with Crippen LogP contribution in [-0.4, -0.2) is 39.0 Å². The van der Waals surface area contributed by atoms with Crippen LogP contribution in [0.15, 0.2) is 47.4 Å². The fraction of sp³-hybridized carbons (Fsp3) is 0.263. The molecule has 1 heterocycles. The molecule has 0 unspecified atom stereocenters. The fourth-order valence-electron chi connectivity index (χ4n) is 3.10. The van der Waals surface area contributed by atoms with Crippen LogP contribution in [0.25, 0.3) is 0 Å². The number of amides is 1. The van der Waals surface area contributed by atoms with E-state index in [4.69, 9.17) is 5.11 Å². The van der Waals surface area contributed by atoms with Crippen LogP contribution in [-0.2, 0) is 27.7 Å². The molecule has 27 heavy (non-hydrogen) atoms. The number of hydrogen-bond donors (Lipinski definition) is 2. The minimum absolute atomic E-state index is 0.0879. The van der Waals surface area contributed by atoms with Crippen molar-refractivity contribution in [2.24, 2.45) is 0 Å². The molecule has 7 nitrogen and oxygen atoms in total. The first-order chi connectivity index (χ1) is 12.8. The second-order valence-corrected chi connectivity index (χ2v) is 8.18. The van der Waals surface area contributed by atoms with Crippen LogP contribution in [0.4, 0.5) is 5.69 Å². The van der Waals surface area contributed by atoms with E-state index in [-0.39, 0.29) is 22.8 Å². The summed E-state index contributed by atoms with van der Waals surface area (Å²) in [6.45, 7) is 0.523. The lowest BCUT2D eigenvalue weighted by Gasteiger charge is -2.18. The zero-order valence-corrected chi connectivity index (χ0v) is 15.6. The summed E-state index contributed by atoms with van der Waals surface area (Å²) in [6.07, 6.45) is 1.43. The van der Waals surface area contributed by atoms with E-state index in [2.05, 4.69) is 4.72 Å². The van der Waals surface area contributed by atoms with Gasteiger partial charge in [-0.25, -0.2) is 17.9 Å². The lowest BCUT2D eigenvalue weighted by atomic mass is 10.1. The summed E-state index contributed by atoms with van der Waals surface area (Å²) >= 11 is 0. The summed E-state index contributed by atoms with van der Waals surface area (Å²) < 4.78 is 26.3. The van der Waals surface area contributed by atoms with Crippen molar-refractivity contribution < 1.29 is 23.1 Å². The maximum atomic E-state index is 12.7. The topological polar surface area (TPSA) is 104 Å². The van der Waals surface area contributed by atoms with E-state index in [9.17, 15) is 18.0 Å². The summed E-state index contributed by atoms with van der Waals surface area (Å²) in [5.41, 5.74) is 2.66. The van der Waals surface area contributed by atoms with Gasteiger partial charge in [0.05, 0.1) is 10.5 Å². The Morgan fingerprint density at radius 1 is 1.15 bits per heavy atom. The summed E-state index contributed by atoms with van der Waals surface area (Å²) in [7, 11) is -2.22. The van der Waals surface area contributed by atoms with Gasteiger partial charge in [-0.05, 0) is 55.3 Å². The number of hydrogen-bond acceptors (Lipinski definition) is 4. The predicted molar refractivity (Wildman–Crippen MR) is 100 cm³/mol. The van der Waals surface area contributed by atoms with Crippen LogP contribution in [0.2, 0.25) is 0 Å². The third-order valence-corrected chi connectivity index (χ3v) is 6.07. The highest BCUT2D eigenvalue weighted by atomic mass is 32.2. The summed E-state index contributed by atoms with van der Waals surface area (Å²) in [5.74, 6) is -1.08. The smallest absolute Gasteiger partial charge is 0.335 e. The first-order valence-electron chi connectivity index (χ1n) is 8.51. The number of aromatic carboxylic acids is 1. The number of carboxylic acids is 1. The maximum absolute atomic E-state index is 12.7. The molecule has 0 aromatic heterocycles. The Morgan fingerprint density at radius 2 is 1.85 bits per heavy atom. The molecule has 0 aliphatic carbocycles. The maximum Gasteiger partial charge on any atom is 0.335 e. The third kappa shape index (κ3) is 4.01. The average molecular weight is 388 g/mol. The number of rotatable bonds is 6. The first kappa shape index (κ1) is 19.1. The molecule has 1 aliphatic rings. The Bertz CT molecular complexity index is 984. The lowest BCUT2D eigenvalue weighted by molar-refractivity contribution is -0.118. The highest BCUT2D eigenvalue weighted by molar-refractivity contribution is 7.89. The van der Waals surface area contributed by atoms with E-state index >= 15 is 0 Å². The Hall–Kier alpha value is -2.71. The number of carboxylic acid groups (broad SMARTS) is 1. The number of carbonyl (C=O) groups is 2. The third-order valence-electron chi connectivity index (χ3n) is 4.66. The minimum atomic E-state index is -3.57. The zero-order chi connectivity index (χ0) is 19.6. The molecular weight excluding hydrogens is 368 g/mol. The van der Waals surface area contributed by atoms with Crippen LogP contribution < -0.4 is 9.62 Å². The van der Waals surface area contributed by atoms with E-state index in [1.807, 2.05) is 0 Å². The highest BCUT2D eigenvalue weighted by Gasteiger charge is 2.26. The van der Waals surface area contributed by atoms with Gasteiger partial charge >= 0.3 is 5.97 Å². The van der Waals surface area contributed by atoms with Gasteiger partial charge in [0.25, 0.3) is 0 Å². The van der Waals surface area contributed by atoms with Gasteiger partial charge in [-0.3, -0.25) is 4.79 Å². The number of sulfonamides is 1. The van der Waals surface area contributed by atoms with Gasteiger partial charge < -0.3 is 10.0 Å². The number of nitrogens with one attached hydrogen (secondary N) is 1. The molecule has 2 aromatic rings. The fourth-order valence-corrected chi connectivity index (χ4v) is 3.85. The summed E-state index contributed by atoms with van der Waals surface area (Å²) in [4.78, 5) is 25.3. The van der Waals surface area contributed by atoms with Gasteiger partial charge in [0.15, 0.2) is 0 Å². The van der Waals surface area contributed by atoms with Crippen molar-refractivity contribution in [1.82, 2.24) is 4.72 Å². The van der Waals surface area contributed by atoms with Crippen molar-refractivity contribution in [2.45, 2.75) is 24.2 Å². The molecule has 3 rings (SSSR count). The number of benzene rings is 2. The molecular formula is C19H20N2O5S. The molecule has 0 bridgehead atoms. The molecule has 1 aliphatic heterocycles. The van der Waals surface area contributed by atoms with Crippen LogP contribution in [0.1, 0.15) is 27.9 Å². The van der Waals surface area contributed by atoms with Crippen molar-refractivity contribution in [2.75, 3.05) is 18.5 Å². The van der Waals surface area contributed by atoms with Gasteiger partial charge in [0, 0.05) is 18.7 Å². The SMILES string of the molecule is CNS(=O)(=O)c1ccc2c(c1)N(C(=O)CCc1ccc(C(=O)O)cc1)CC2. The van der Waals surface area contributed by atoms with Gasteiger partial charge in [0.1, 0.15) is 0 Å². The lowest BCUT2D eigenvalue weighted by Crippen LogP contribution is -2.29. The number of anilines is 1. The van der Waals surface area contributed by atoms with E-state index in [0.717, 1.165) is 11.1 Å². The van der Waals surface area contributed by atoms with Crippen LogP contribution in [0.3, 0.4) is 0 Å². The molecule has 0 spiro atoms. The van der Waals surface area contributed by atoms with Crippen molar-refractivity contribution in [3.63, 3.8) is 0 Å². The van der Waals surface area contributed by atoms with Gasteiger partial charge in [-0.15, -0.1) is 0 Å². The molecule has 2 aromatic carbocycles. The first-order valence-corrected chi connectivity index (χ1v) is 9.99. The van der Waals surface area contributed by atoms with Crippen molar-refractivity contribution >= 4 is 27.6 Å². The highest BCUT2D eigenvalue weighted by Crippen LogP contribution is 2.31. The average Bonchev–Trinajstić information content (AvgIpc) is 3.09. The van der Waals surface area contributed by atoms with Gasteiger partial charge in [0.2, 0.25) is 15.9 Å². The van der Waals surface area contributed by atoms with Gasteiger partial charge in [-0.2, -0.15) is 0 Å². The monoisotopic (exact) mass is 388 g/mol. The summed E-state index contributed by atoms with van der Waals surface area (Å²) in [6, 6.07) is 11.3. The van der Waals surface area contributed by atoms with Crippen molar-refractivity contribution in [1.29, 1.82) is 0 Å². The van der Waals surface area contributed by atoms with E-state index in [1.54, 1.807) is 29.2 Å². The number of carbonyl (C=O) groups excluding carboxylic acids is 1. The van der Waals surface area contributed by atoms with Crippen molar-refractivity contribution in [3.05, 3.63) is 59.2 Å². The second-order valence-electron chi connectivity index (χ2n) is 6.30. The Balaban J connectivity index is 1.72. The molecule has 0 radical (unpaired) electrons. The molecule has 0 saturated carbocycles. The van der Waals surface area contributed by atoms with Crippen LogP contribution >= 0.6 is 0 Å². The number of nitrogens with zero attached hydrogens (tertiary/aromatic N) is 1. The Morgan fingerprint density at radius 3 is 2.48 bits per heavy atom. The number of fused-ring (bicyclic) bond motifs is 1. The minimum Gasteiger partial charge on any atom is -0.478 e. The van der Waals surface area contributed by atoms with Crippen LogP contribution in [0, 0.1) is 0 Å². The normalized spacial score (nSPS) is 13.4. The van der Waals surface area contributed by atoms with E-state index in [1.165, 1.54) is 25.2 Å². The Labute approximate surface area is 157 Å². The molecule has 0 saturated heterocycles. The van der Waals surface area contributed by atoms with Crippen LogP contribution in [0.5, 0.6) is 0 Å². The summed E-state index contributed by atoms with van der Waals surface area (Å²) in [5, 5.41) is 8.92. The molecule has 142 valence electrons. The Kier molecular flexibility index (Phi) is 5.29. The second kappa shape index (κ2) is 7.50. The zero-order valence-electron chi connectivity index (χ0n) is 14.8. The number of aryl methyl sites for hydroxylation is 1. The van der Waals surface area contributed by atoms with E-state index < -0.39 is 16.0 Å². The quantitative estimate of drug-likeness (QED) is 0.786. The largest absolute Gasteiger partial charge is 0.478 e. The molecule has 0 fully saturated rings. The molecule has 8 heteroatoms. The molecule has 1 amide bonds. The van der Waals surface area contributed by atoms with Crippen molar-refractivity contribution in [3.8, 4) is 0 Å². The van der Waals surface area contributed by atoms with Gasteiger partial charge in [-0.1, -0.05) is 18.2 Å². The van der Waals surface area contributed by atoms with E-state index in [0.29, 0.717) is 25.1 Å². The predicted octanol–water partition coefficient (Wildman–Crippen LogP) is 1.81. The molecule has 2 N–H and O–H groups in total. The molecule has 0 atom stereocenters.